The van der Waals surface area contributed by atoms with Crippen LogP contribution in [0.5, 0.6) is 0 Å². The zero-order chi connectivity index (χ0) is 12.4. The number of carbonyl (C=O) groups is 1. The molecule has 0 saturated heterocycles. The summed E-state index contributed by atoms with van der Waals surface area (Å²) in [5.74, 6) is -0.0388. The number of nitrogens with zero attached hydrogens (tertiary/aromatic N) is 2. The van der Waals surface area contributed by atoms with E-state index in [-0.39, 0.29) is 16.2 Å². The van der Waals surface area contributed by atoms with Gasteiger partial charge in [0.05, 0.1) is 0 Å². The lowest BCUT2D eigenvalue weighted by Crippen LogP contribution is -2.35. The number of amides is 1. The smallest absolute Gasteiger partial charge is 0.254 e. The summed E-state index contributed by atoms with van der Waals surface area (Å²) in [6.07, 6.45) is 4.55. The third kappa shape index (κ3) is 2.90. The van der Waals surface area contributed by atoms with Crippen molar-refractivity contribution in [1.82, 2.24) is 9.88 Å². The molecule has 0 atom stereocenters. The van der Waals surface area contributed by atoms with Crippen LogP contribution in [0.15, 0.2) is 12.1 Å². The van der Waals surface area contributed by atoms with Gasteiger partial charge in [0, 0.05) is 18.7 Å². The van der Waals surface area contributed by atoms with Crippen LogP contribution < -0.4 is 0 Å². The number of hydrogen-bond donors (Lipinski definition) is 0. The molecule has 5 heteroatoms. The Labute approximate surface area is 111 Å². The molecule has 0 spiro atoms. The Hall–Kier alpha value is -0.800. The Morgan fingerprint density at radius 3 is 2.35 bits per heavy atom. The van der Waals surface area contributed by atoms with Crippen molar-refractivity contribution in [1.29, 1.82) is 0 Å². The van der Waals surface area contributed by atoms with Crippen molar-refractivity contribution in [2.24, 2.45) is 0 Å². The standard InChI is InChI=1S/C12H14Cl2N2O/c1-16(9-4-2-3-5-9)12(17)8-6-10(13)15-11(14)7-8/h6-7,9H,2-5H2,1H3. The summed E-state index contributed by atoms with van der Waals surface area (Å²) >= 11 is 11.6. The van der Waals surface area contributed by atoms with Crippen LogP contribution in [0.3, 0.4) is 0 Å². The molecule has 1 aliphatic rings. The van der Waals surface area contributed by atoms with E-state index in [2.05, 4.69) is 4.98 Å². The summed E-state index contributed by atoms with van der Waals surface area (Å²) in [6, 6.07) is 3.45. The van der Waals surface area contributed by atoms with Gasteiger partial charge in [0.1, 0.15) is 10.3 Å². The van der Waals surface area contributed by atoms with E-state index in [4.69, 9.17) is 23.2 Å². The minimum absolute atomic E-state index is 0.0388. The van der Waals surface area contributed by atoms with E-state index in [0.29, 0.717) is 11.6 Å². The topological polar surface area (TPSA) is 33.2 Å². The summed E-state index contributed by atoms with van der Waals surface area (Å²) < 4.78 is 0. The fourth-order valence-corrected chi connectivity index (χ4v) is 2.71. The fourth-order valence-electron chi connectivity index (χ4n) is 2.25. The lowest BCUT2D eigenvalue weighted by molar-refractivity contribution is 0.0735. The lowest BCUT2D eigenvalue weighted by Gasteiger charge is -2.24. The van der Waals surface area contributed by atoms with E-state index in [1.54, 1.807) is 17.0 Å². The van der Waals surface area contributed by atoms with Crippen molar-refractivity contribution < 1.29 is 4.79 Å². The first-order valence-electron chi connectivity index (χ1n) is 5.68. The maximum absolute atomic E-state index is 12.2. The van der Waals surface area contributed by atoms with E-state index in [0.717, 1.165) is 12.8 Å². The third-order valence-electron chi connectivity index (χ3n) is 3.20. The second-order valence-corrected chi connectivity index (χ2v) is 5.13. The van der Waals surface area contributed by atoms with Crippen LogP contribution in [0, 0.1) is 0 Å². The Morgan fingerprint density at radius 1 is 1.29 bits per heavy atom. The molecule has 1 aromatic heterocycles. The molecular weight excluding hydrogens is 259 g/mol. The minimum atomic E-state index is -0.0388. The van der Waals surface area contributed by atoms with Crippen molar-refractivity contribution >= 4 is 29.1 Å². The highest BCUT2D eigenvalue weighted by Gasteiger charge is 2.24. The van der Waals surface area contributed by atoms with Crippen LogP contribution in [-0.2, 0) is 0 Å². The summed E-state index contributed by atoms with van der Waals surface area (Å²) in [6.45, 7) is 0. The Bertz CT molecular complexity index is 410. The van der Waals surface area contributed by atoms with Gasteiger partial charge >= 0.3 is 0 Å². The van der Waals surface area contributed by atoms with Crippen molar-refractivity contribution in [3.8, 4) is 0 Å². The lowest BCUT2D eigenvalue weighted by atomic mass is 10.2. The molecule has 0 N–H and O–H groups in total. The maximum Gasteiger partial charge on any atom is 0.254 e. The number of halogens is 2. The molecule has 1 aliphatic carbocycles. The minimum Gasteiger partial charge on any atom is -0.339 e. The molecule has 1 saturated carbocycles. The Kier molecular flexibility index (Phi) is 3.89. The van der Waals surface area contributed by atoms with Crippen molar-refractivity contribution in [3.05, 3.63) is 28.0 Å². The summed E-state index contributed by atoms with van der Waals surface area (Å²) in [5.41, 5.74) is 0.504. The molecule has 2 rings (SSSR count). The number of aromatic nitrogens is 1. The van der Waals surface area contributed by atoms with Gasteiger partial charge in [0.2, 0.25) is 0 Å². The molecule has 1 heterocycles. The van der Waals surface area contributed by atoms with Gasteiger partial charge < -0.3 is 4.90 Å². The highest BCUT2D eigenvalue weighted by molar-refractivity contribution is 6.33. The predicted octanol–water partition coefficient (Wildman–Crippen LogP) is 3.40. The first-order valence-corrected chi connectivity index (χ1v) is 6.44. The average Bonchev–Trinajstić information content (AvgIpc) is 2.79. The molecule has 0 aliphatic heterocycles. The third-order valence-corrected chi connectivity index (χ3v) is 3.59. The SMILES string of the molecule is CN(C(=O)c1cc(Cl)nc(Cl)c1)C1CCCC1. The van der Waals surface area contributed by atoms with Gasteiger partial charge in [0.25, 0.3) is 5.91 Å². The molecule has 3 nitrogen and oxygen atoms in total. The average molecular weight is 273 g/mol. The van der Waals surface area contributed by atoms with Crippen molar-refractivity contribution in [3.63, 3.8) is 0 Å². The Morgan fingerprint density at radius 2 is 1.82 bits per heavy atom. The second-order valence-electron chi connectivity index (χ2n) is 4.36. The van der Waals surface area contributed by atoms with Gasteiger partial charge in [0.15, 0.2) is 0 Å². The van der Waals surface area contributed by atoms with Crippen LogP contribution in [-0.4, -0.2) is 28.9 Å². The highest BCUT2D eigenvalue weighted by atomic mass is 35.5. The van der Waals surface area contributed by atoms with Crippen molar-refractivity contribution in [2.45, 2.75) is 31.7 Å². The number of rotatable bonds is 2. The summed E-state index contributed by atoms with van der Waals surface area (Å²) in [5, 5.41) is 0.501. The van der Waals surface area contributed by atoms with Gasteiger partial charge in [-0.1, -0.05) is 36.0 Å². The van der Waals surface area contributed by atoms with E-state index >= 15 is 0 Å². The van der Waals surface area contributed by atoms with Gasteiger partial charge in [-0.05, 0) is 25.0 Å². The predicted molar refractivity (Wildman–Crippen MR) is 68.6 cm³/mol. The van der Waals surface area contributed by atoms with Crippen LogP contribution in [0.4, 0.5) is 0 Å². The van der Waals surface area contributed by atoms with E-state index < -0.39 is 0 Å². The monoisotopic (exact) mass is 272 g/mol. The maximum atomic E-state index is 12.2. The van der Waals surface area contributed by atoms with E-state index in [9.17, 15) is 4.79 Å². The largest absolute Gasteiger partial charge is 0.339 e. The Balaban J connectivity index is 2.17. The molecule has 0 unspecified atom stereocenters. The van der Waals surface area contributed by atoms with Gasteiger partial charge in [-0.3, -0.25) is 4.79 Å². The number of hydrogen-bond acceptors (Lipinski definition) is 2. The molecule has 1 aromatic rings. The van der Waals surface area contributed by atoms with Crippen LogP contribution in [0.2, 0.25) is 10.3 Å². The van der Waals surface area contributed by atoms with Gasteiger partial charge in [-0.15, -0.1) is 0 Å². The molecule has 0 bridgehead atoms. The highest BCUT2D eigenvalue weighted by Crippen LogP contribution is 2.24. The molecule has 1 fully saturated rings. The van der Waals surface area contributed by atoms with Crippen LogP contribution >= 0.6 is 23.2 Å². The molecule has 0 aromatic carbocycles. The molecular formula is C12H14Cl2N2O. The number of pyridine rings is 1. The van der Waals surface area contributed by atoms with Gasteiger partial charge in [-0.2, -0.15) is 0 Å². The van der Waals surface area contributed by atoms with E-state index in [1.807, 2.05) is 7.05 Å². The van der Waals surface area contributed by atoms with Crippen molar-refractivity contribution in [2.75, 3.05) is 7.05 Å². The quantitative estimate of drug-likeness (QED) is 0.774. The normalized spacial score (nSPS) is 16.2. The summed E-state index contributed by atoms with van der Waals surface area (Å²) in [4.78, 5) is 17.8. The molecule has 92 valence electrons. The second kappa shape index (κ2) is 5.23. The van der Waals surface area contributed by atoms with E-state index in [1.165, 1.54) is 12.8 Å². The molecule has 1 amide bonds. The van der Waals surface area contributed by atoms with Gasteiger partial charge in [-0.25, -0.2) is 4.98 Å². The zero-order valence-corrected chi connectivity index (χ0v) is 11.1. The number of carbonyl (C=O) groups excluding carboxylic acids is 1. The fraction of sp³-hybridized carbons (Fsp3) is 0.500. The first-order chi connectivity index (χ1) is 8.08. The summed E-state index contributed by atoms with van der Waals surface area (Å²) in [7, 11) is 1.83. The first kappa shape index (κ1) is 12.7. The zero-order valence-electron chi connectivity index (χ0n) is 9.62. The molecule has 0 radical (unpaired) electrons. The molecule has 17 heavy (non-hydrogen) atoms. The van der Waals surface area contributed by atoms with Crippen LogP contribution in [0.1, 0.15) is 36.0 Å². The van der Waals surface area contributed by atoms with Crippen LogP contribution in [0.25, 0.3) is 0 Å².